The topological polar surface area (TPSA) is 37.3 Å². The average molecular weight is 406 g/mol. The molecule has 0 saturated heterocycles. The van der Waals surface area contributed by atoms with Crippen molar-refractivity contribution in [2.75, 3.05) is 0 Å². The first-order valence-corrected chi connectivity index (χ1v) is 10.2. The van der Waals surface area contributed by atoms with E-state index in [0.29, 0.717) is 32.1 Å². The van der Waals surface area contributed by atoms with Crippen molar-refractivity contribution in [3.63, 3.8) is 0 Å². The summed E-state index contributed by atoms with van der Waals surface area (Å²) < 4.78 is 68.0. The van der Waals surface area contributed by atoms with Gasteiger partial charge in [-0.1, -0.05) is 19.4 Å². The minimum Gasteiger partial charge on any atom is -0.385 e. The standard InChI is InChI=1S/C21H27F5O2/c1-10-7-11-8-15(27)16(28)9-13(11)12-5-6-19(2)14(18(10)12)3-4-17(19)20(22,23)21(24,25)26/h8,10,12-14,16-18,28H,3-7,9H2,1-2H3/t10?,12-,13+,14+,16?,17?,18-,19+/m1/s1. The van der Waals surface area contributed by atoms with Crippen LogP contribution in [0.5, 0.6) is 0 Å². The van der Waals surface area contributed by atoms with Gasteiger partial charge in [0.15, 0.2) is 5.78 Å². The average Bonchev–Trinajstić information content (AvgIpc) is 2.93. The summed E-state index contributed by atoms with van der Waals surface area (Å²) in [6, 6.07) is 0. The minimum atomic E-state index is -5.52. The number of rotatable bonds is 1. The molecule has 7 heteroatoms. The largest absolute Gasteiger partial charge is 0.453 e. The predicted molar refractivity (Wildman–Crippen MR) is 92.5 cm³/mol. The van der Waals surface area contributed by atoms with Gasteiger partial charge in [-0.2, -0.15) is 22.0 Å². The highest BCUT2D eigenvalue weighted by Gasteiger charge is 2.70. The summed E-state index contributed by atoms with van der Waals surface area (Å²) in [5.74, 6) is -6.39. The van der Waals surface area contributed by atoms with Crippen LogP contribution in [0.3, 0.4) is 0 Å². The van der Waals surface area contributed by atoms with Crippen LogP contribution >= 0.6 is 0 Å². The van der Waals surface area contributed by atoms with Crippen molar-refractivity contribution in [3.05, 3.63) is 11.6 Å². The Morgan fingerprint density at radius 2 is 1.82 bits per heavy atom. The van der Waals surface area contributed by atoms with E-state index < -0.39 is 29.5 Å². The van der Waals surface area contributed by atoms with Crippen LogP contribution in [0.1, 0.15) is 52.4 Å². The van der Waals surface area contributed by atoms with Gasteiger partial charge in [0, 0.05) is 5.92 Å². The Hall–Kier alpha value is -0.980. The van der Waals surface area contributed by atoms with Crippen LogP contribution in [0.15, 0.2) is 11.6 Å². The normalized spacial score (nSPS) is 46.5. The summed E-state index contributed by atoms with van der Waals surface area (Å²) >= 11 is 0. The monoisotopic (exact) mass is 406 g/mol. The number of fused-ring (bicyclic) bond motifs is 5. The quantitative estimate of drug-likeness (QED) is 0.611. The van der Waals surface area contributed by atoms with E-state index in [1.807, 2.05) is 6.92 Å². The van der Waals surface area contributed by atoms with Gasteiger partial charge in [-0.05, 0) is 79.6 Å². The summed E-state index contributed by atoms with van der Waals surface area (Å²) in [6.07, 6.45) is -2.76. The number of carbonyl (C=O) groups is 1. The van der Waals surface area contributed by atoms with Crippen LogP contribution < -0.4 is 0 Å². The van der Waals surface area contributed by atoms with Crippen LogP contribution in [0.2, 0.25) is 0 Å². The minimum absolute atomic E-state index is 0.0422. The van der Waals surface area contributed by atoms with Gasteiger partial charge in [-0.3, -0.25) is 4.79 Å². The van der Waals surface area contributed by atoms with Gasteiger partial charge in [0.2, 0.25) is 0 Å². The summed E-state index contributed by atoms with van der Waals surface area (Å²) in [4.78, 5) is 11.9. The maximum atomic E-state index is 14.3. The van der Waals surface area contributed by atoms with Gasteiger partial charge in [-0.15, -0.1) is 0 Å². The lowest BCUT2D eigenvalue weighted by Gasteiger charge is -2.57. The highest BCUT2D eigenvalue weighted by molar-refractivity contribution is 5.95. The molecule has 28 heavy (non-hydrogen) atoms. The molecular formula is C21H27F5O2. The van der Waals surface area contributed by atoms with Crippen molar-refractivity contribution in [1.82, 2.24) is 0 Å². The first kappa shape index (κ1) is 20.3. The van der Waals surface area contributed by atoms with E-state index in [2.05, 4.69) is 0 Å². The zero-order valence-corrected chi connectivity index (χ0v) is 16.1. The number of aliphatic hydroxyl groups excluding tert-OH is 1. The van der Waals surface area contributed by atoms with E-state index in [0.717, 1.165) is 5.57 Å². The molecule has 3 saturated carbocycles. The summed E-state index contributed by atoms with van der Waals surface area (Å²) in [7, 11) is 0. The first-order valence-electron chi connectivity index (χ1n) is 10.2. The number of alkyl halides is 5. The number of hydrogen-bond acceptors (Lipinski definition) is 2. The van der Waals surface area contributed by atoms with Crippen molar-refractivity contribution < 1.29 is 31.9 Å². The Bertz CT molecular complexity index is 699. The van der Waals surface area contributed by atoms with Crippen LogP contribution in [0.25, 0.3) is 0 Å². The van der Waals surface area contributed by atoms with E-state index in [1.54, 1.807) is 13.0 Å². The number of ketones is 1. The van der Waals surface area contributed by atoms with E-state index in [1.165, 1.54) is 0 Å². The Morgan fingerprint density at radius 1 is 1.14 bits per heavy atom. The van der Waals surface area contributed by atoms with Crippen molar-refractivity contribution in [2.45, 2.75) is 70.6 Å². The Morgan fingerprint density at radius 3 is 2.46 bits per heavy atom. The molecule has 0 heterocycles. The summed E-state index contributed by atoms with van der Waals surface area (Å²) in [5, 5.41) is 10.0. The van der Waals surface area contributed by atoms with Crippen LogP contribution in [0, 0.1) is 40.9 Å². The predicted octanol–water partition coefficient (Wildman–Crippen LogP) is 5.16. The molecule has 0 spiro atoms. The highest BCUT2D eigenvalue weighted by atomic mass is 19.4. The SMILES string of the molecule is CC1CC2=CC(=O)C(O)C[C@@H]2[C@H]2CC[C@]3(C)C(C(F)(F)C(F)(F)F)CC[C@H]3[C@H]12. The molecule has 0 amide bonds. The van der Waals surface area contributed by atoms with Gasteiger partial charge >= 0.3 is 12.1 Å². The fourth-order valence-corrected chi connectivity index (χ4v) is 7.37. The van der Waals surface area contributed by atoms with E-state index in [-0.39, 0.29) is 41.8 Å². The lowest BCUT2D eigenvalue weighted by molar-refractivity contribution is -0.316. The molecule has 2 nitrogen and oxygen atoms in total. The van der Waals surface area contributed by atoms with Crippen molar-refractivity contribution in [2.24, 2.45) is 40.9 Å². The third-order valence-electron chi connectivity index (χ3n) is 8.54. The fourth-order valence-electron chi connectivity index (χ4n) is 7.37. The Labute approximate surface area is 161 Å². The van der Waals surface area contributed by atoms with Crippen LogP contribution in [-0.2, 0) is 4.79 Å². The molecule has 3 fully saturated rings. The zero-order valence-electron chi connectivity index (χ0n) is 16.1. The van der Waals surface area contributed by atoms with E-state index in [9.17, 15) is 31.9 Å². The number of carbonyl (C=O) groups excluding carboxylic acids is 1. The van der Waals surface area contributed by atoms with Gasteiger partial charge < -0.3 is 5.11 Å². The maximum Gasteiger partial charge on any atom is 0.453 e. The summed E-state index contributed by atoms with van der Waals surface area (Å²) in [5.41, 5.74) is 0.00139. The van der Waals surface area contributed by atoms with Crippen LogP contribution in [-0.4, -0.2) is 29.1 Å². The molecule has 4 aliphatic rings. The second kappa shape index (κ2) is 6.26. The number of allylic oxidation sites excluding steroid dienone is 1. The molecular weight excluding hydrogens is 379 g/mol. The Kier molecular flexibility index (Phi) is 4.54. The lowest BCUT2D eigenvalue weighted by atomic mass is 9.48. The third kappa shape index (κ3) is 2.71. The Balaban J connectivity index is 1.66. The molecule has 8 atom stereocenters. The first-order chi connectivity index (χ1) is 12.9. The maximum absolute atomic E-state index is 14.3. The molecule has 158 valence electrons. The zero-order chi connectivity index (χ0) is 20.6. The molecule has 0 bridgehead atoms. The fraction of sp³-hybridized carbons (Fsp3) is 0.857. The third-order valence-corrected chi connectivity index (χ3v) is 8.54. The van der Waals surface area contributed by atoms with Gasteiger partial charge in [0.25, 0.3) is 0 Å². The molecule has 4 rings (SSSR count). The number of hydrogen-bond donors (Lipinski definition) is 1. The highest BCUT2D eigenvalue weighted by Crippen LogP contribution is 2.68. The molecule has 0 aliphatic heterocycles. The van der Waals surface area contributed by atoms with Gasteiger partial charge in [-0.25, -0.2) is 0 Å². The molecule has 4 aliphatic carbocycles. The van der Waals surface area contributed by atoms with Crippen LogP contribution in [0.4, 0.5) is 22.0 Å². The lowest BCUT2D eigenvalue weighted by Crippen LogP contribution is -2.54. The molecule has 0 aromatic carbocycles. The van der Waals surface area contributed by atoms with Crippen molar-refractivity contribution in [3.8, 4) is 0 Å². The molecule has 0 aromatic rings. The van der Waals surface area contributed by atoms with Crippen molar-refractivity contribution >= 4 is 5.78 Å². The van der Waals surface area contributed by atoms with Crippen molar-refractivity contribution in [1.29, 1.82) is 0 Å². The second-order valence-electron chi connectivity index (χ2n) is 9.80. The summed E-state index contributed by atoms with van der Waals surface area (Å²) in [6.45, 7) is 3.67. The smallest absolute Gasteiger partial charge is 0.385 e. The second-order valence-corrected chi connectivity index (χ2v) is 9.80. The van der Waals surface area contributed by atoms with Gasteiger partial charge in [0.1, 0.15) is 6.10 Å². The number of halogens is 5. The van der Waals surface area contributed by atoms with E-state index >= 15 is 0 Å². The number of aliphatic hydroxyl groups is 1. The van der Waals surface area contributed by atoms with Gasteiger partial charge in [0.05, 0.1) is 0 Å². The molecule has 0 radical (unpaired) electrons. The molecule has 1 N–H and O–H groups in total. The van der Waals surface area contributed by atoms with E-state index in [4.69, 9.17) is 0 Å². The molecule has 3 unspecified atom stereocenters. The molecule has 0 aromatic heterocycles.